The summed E-state index contributed by atoms with van der Waals surface area (Å²) in [7, 11) is 0. The largest absolute Gasteiger partial charge is 0.327 e. The molecule has 2 N–H and O–H groups in total. The van der Waals surface area contributed by atoms with E-state index in [9.17, 15) is 0 Å². The minimum atomic E-state index is 0.414. The number of hydrogen-bond donors (Lipinski definition) is 1. The summed E-state index contributed by atoms with van der Waals surface area (Å²) in [5, 5.41) is 0. The quantitative estimate of drug-likeness (QED) is 0.652. The van der Waals surface area contributed by atoms with E-state index in [1.165, 1.54) is 19.3 Å². The molecule has 2 unspecified atom stereocenters. The van der Waals surface area contributed by atoms with Crippen LogP contribution in [0.2, 0.25) is 0 Å². The van der Waals surface area contributed by atoms with E-state index in [0.29, 0.717) is 12.0 Å². The summed E-state index contributed by atoms with van der Waals surface area (Å²) < 4.78 is 0. The summed E-state index contributed by atoms with van der Waals surface area (Å²) in [5.74, 6) is 1.55. The van der Waals surface area contributed by atoms with E-state index in [2.05, 4.69) is 27.7 Å². The molecule has 0 aromatic heterocycles. The van der Waals surface area contributed by atoms with Gasteiger partial charge in [-0.1, -0.05) is 40.5 Å². The Morgan fingerprint density at radius 3 is 2.08 bits per heavy atom. The first-order valence-corrected chi connectivity index (χ1v) is 5.33. The second-order valence-electron chi connectivity index (χ2n) is 4.37. The first kappa shape index (κ1) is 12.0. The van der Waals surface area contributed by atoms with Crippen LogP contribution in [0.5, 0.6) is 0 Å². The second kappa shape index (κ2) is 6.47. The molecular formula is C11H25N. The molecule has 0 rings (SSSR count). The Morgan fingerprint density at radius 1 is 1.08 bits per heavy atom. The highest BCUT2D eigenvalue weighted by molar-refractivity contribution is 4.67. The van der Waals surface area contributed by atoms with Gasteiger partial charge in [-0.25, -0.2) is 0 Å². The maximum Gasteiger partial charge on any atom is 0.00619 e. The van der Waals surface area contributed by atoms with Gasteiger partial charge in [-0.3, -0.25) is 0 Å². The van der Waals surface area contributed by atoms with Crippen molar-refractivity contribution in [3.05, 3.63) is 0 Å². The van der Waals surface area contributed by atoms with Gasteiger partial charge in [0.05, 0.1) is 0 Å². The molecule has 0 aliphatic heterocycles. The zero-order valence-corrected chi connectivity index (χ0v) is 9.14. The van der Waals surface area contributed by atoms with Crippen molar-refractivity contribution in [1.29, 1.82) is 0 Å². The van der Waals surface area contributed by atoms with E-state index in [4.69, 9.17) is 5.73 Å². The van der Waals surface area contributed by atoms with Crippen LogP contribution in [0.25, 0.3) is 0 Å². The number of rotatable bonds is 6. The zero-order valence-electron chi connectivity index (χ0n) is 9.14. The van der Waals surface area contributed by atoms with Crippen molar-refractivity contribution >= 4 is 0 Å². The molecule has 0 aliphatic carbocycles. The fourth-order valence-electron chi connectivity index (χ4n) is 1.46. The third kappa shape index (κ3) is 5.59. The molecule has 0 heterocycles. The third-order valence-corrected chi connectivity index (χ3v) is 2.64. The molecule has 1 heteroatoms. The molecule has 0 fully saturated rings. The van der Waals surface area contributed by atoms with Gasteiger partial charge in [-0.05, 0) is 24.7 Å². The summed E-state index contributed by atoms with van der Waals surface area (Å²) >= 11 is 0. The van der Waals surface area contributed by atoms with Crippen molar-refractivity contribution in [2.45, 2.75) is 59.4 Å². The average Bonchev–Trinajstić information content (AvgIpc) is 2.02. The first-order valence-electron chi connectivity index (χ1n) is 5.33. The van der Waals surface area contributed by atoms with Gasteiger partial charge in [-0.2, -0.15) is 0 Å². The maximum absolute atomic E-state index is 5.93. The monoisotopic (exact) mass is 171 g/mol. The molecule has 0 spiro atoms. The Bertz CT molecular complexity index is 99.2. The van der Waals surface area contributed by atoms with E-state index in [-0.39, 0.29) is 0 Å². The van der Waals surface area contributed by atoms with Crippen molar-refractivity contribution in [3.63, 3.8) is 0 Å². The Morgan fingerprint density at radius 2 is 1.67 bits per heavy atom. The summed E-state index contributed by atoms with van der Waals surface area (Å²) in [4.78, 5) is 0. The standard InChI is InChI=1S/C11H25N/c1-5-11(12)10(4)8-6-7-9(2)3/h9-11H,5-8,12H2,1-4H3. The molecule has 1 nitrogen and oxygen atoms in total. The molecule has 0 saturated carbocycles. The molecule has 0 aromatic rings. The van der Waals surface area contributed by atoms with Crippen molar-refractivity contribution in [2.75, 3.05) is 0 Å². The molecule has 0 aliphatic rings. The van der Waals surface area contributed by atoms with Crippen LogP contribution < -0.4 is 5.73 Å². The zero-order chi connectivity index (χ0) is 9.56. The predicted molar refractivity (Wildman–Crippen MR) is 56.1 cm³/mol. The minimum absolute atomic E-state index is 0.414. The van der Waals surface area contributed by atoms with Crippen molar-refractivity contribution in [1.82, 2.24) is 0 Å². The van der Waals surface area contributed by atoms with E-state index in [1.807, 2.05) is 0 Å². The van der Waals surface area contributed by atoms with E-state index in [0.717, 1.165) is 12.3 Å². The molecule has 0 bridgehead atoms. The predicted octanol–water partition coefficient (Wildman–Crippen LogP) is 3.19. The van der Waals surface area contributed by atoms with E-state index >= 15 is 0 Å². The van der Waals surface area contributed by atoms with Crippen LogP contribution in [-0.2, 0) is 0 Å². The fraction of sp³-hybridized carbons (Fsp3) is 1.00. The molecular weight excluding hydrogens is 146 g/mol. The molecule has 0 saturated heterocycles. The molecule has 2 atom stereocenters. The van der Waals surface area contributed by atoms with Crippen LogP contribution in [0.4, 0.5) is 0 Å². The maximum atomic E-state index is 5.93. The number of nitrogens with two attached hydrogens (primary N) is 1. The Labute approximate surface area is 77.7 Å². The number of hydrogen-bond acceptors (Lipinski definition) is 1. The van der Waals surface area contributed by atoms with Crippen LogP contribution in [0, 0.1) is 11.8 Å². The van der Waals surface area contributed by atoms with Gasteiger partial charge in [-0.15, -0.1) is 0 Å². The smallest absolute Gasteiger partial charge is 0.00619 e. The van der Waals surface area contributed by atoms with Crippen molar-refractivity contribution < 1.29 is 0 Å². The van der Waals surface area contributed by atoms with Gasteiger partial charge in [0.1, 0.15) is 0 Å². The van der Waals surface area contributed by atoms with E-state index < -0.39 is 0 Å². The topological polar surface area (TPSA) is 26.0 Å². The van der Waals surface area contributed by atoms with Crippen LogP contribution >= 0.6 is 0 Å². The lowest BCUT2D eigenvalue weighted by molar-refractivity contribution is 0.387. The molecule has 0 radical (unpaired) electrons. The van der Waals surface area contributed by atoms with Gasteiger partial charge in [0, 0.05) is 6.04 Å². The highest BCUT2D eigenvalue weighted by Gasteiger charge is 2.09. The Kier molecular flexibility index (Phi) is 6.45. The molecule has 0 amide bonds. The SMILES string of the molecule is CCC(N)C(C)CCCC(C)C. The second-order valence-corrected chi connectivity index (χ2v) is 4.37. The van der Waals surface area contributed by atoms with Crippen LogP contribution in [0.3, 0.4) is 0 Å². The fourth-order valence-corrected chi connectivity index (χ4v) is 1.46. The van der Waals surface area contributed by atoms with Crippen LogP contribution in [0.1, 0.15) is 53.4 Å². The lowest BCUT2D eigenvalue weighted by Crippen LogP contribution is -2.27. The molecule has 12 heavy (non-hydrogen) atoms. The first-order chi connectivity index (χ1) is 5.57. The van der Waals surface area contributed by atoms with Gasteiger partial charge < -0.3 is 5.73 Å². The minimum Gasteiger partial charge on any atom is -0.327 e. The van der Waals surface area contributed by atoms with Crippen LogP contribution in [0.15, 0.2) is 0 Å². The highest BCUT2D eigenvalue weighted by Crippen LogP contribution is 2.15. The summed E-state index contributed by atoms with van der Waals surface area (Å²) in [6.45, 7) is 9.01. The van der Waals surface area contributed by atoms with Gasteiger partial charge in [0.15, 0.2) is 0 Å². The normalized spacial score (nSPS) is 16.5. The van der Waals surface area contributed by atoms with E-state index in [1.54, 1.807) is 0 Å². The molecule has 0 aromatic carbocycles. The lowest BCUT2D eigenvalue weighted by Gasteiger charge is -2.18. The lowest BCUT2D eigenvalue weighted by atomic mass is 9.93. The highest BCUT2D eigenvalue weighted by atomic mass is 14.6. The summed E-state index contributed by atoms with van der Waals surface area (Å²) in [6, 6.07) is 0.414. The van der Waals surface area contributed by atoms with Gasteiger partial charge in [0.25, 0.3) is 0 Å². The average molecular weight is 171 g/mol. The van der Waals surface area contributed by atoms with Crippen molar-refractivity contribution in [3.8, 4) is 0 Å². The van der Waals surface area contributed by atoms with Crippen molar-refractivity contribution in [2.24, 2.45) is 17.6 Å². The van der Waals surface area contributed by atoms with Crippen LogP contribution in [-0.4, -0.2) is 6.04 Å². The molecule has 74 valence electrons. The Hall–Kier alpha value is -0.0400. The van der Waals surface area contributed by atoms with Gasteiger partial charge in [0.2, 0.25) is 0 Å². The van der Waals surface area contributed by atoms with Gasteiger partial charge >= 0.3 is 0 Å². The summed E-state index contributed by atoms with van der Waals surface area (Å²) in [5.41, 5.74) is 5.93. The summed E-state index contributed by atoms with van der Waals surface area (Å²) in [6.07, 6.45) is 5.10. The Balaban J connectivity index is 3.37. The third-order valence-electron chi connectivity index (χ3n) is 2.64.